The van der Waals surface area contributed by atoms with E-state index < -0.39 is 0 Å². The highest BCUT2D eigenvalue weighted by Gasteiger charge is 2.25. The Hall–Kier alpha value is -7.96. The van der Waals surface area contributed by atoms with Crippen molar-refractivity contribution in [2.45, 2.75) is 0 Å². The van der Waals surface area contributed by atoms with E-state index in [-0.39, 0.29) is 0 Å². The number of thiophene rings is 2. The number of nitrogens with zero attached hydrogens (tertiary/aromatic N) is 2. The summed E-state index contributed by atoms with van der Waals surface area (Å²) in [5, 5.41) is 9.85. The van der Waals surface area contributed by atoms with Gasteiger partial charge in [-0.25, -0.2) is 0 Å². The minimum atomic E-state index is 0.898. The summed E-state index contributed by atoms with van der Waals surface area (Å²) in [4.78, 5) is 2.51. The van der Waals surface area contributed by atoms with Crippen LogP contribution in [0.1, 0.15) is 0 Å². The number of furan rings is 1. The maximum absolute atomic E-state index is 6.62. The summed E-state index contributed by atoms with van der Waals surface area (Å²) in [5.41, 5.74) is 13.2. The molecular formula is C60H36N2OS2. The quantitative estimate of drug-likeness (QED) is 0.166. The highest BCUT2D eigenvalue weighted by molar-refractivity contribution is 7.27. The Kier molecular flexibility index (Phi) is 8.02. The molecule has 304 valence electrons. The molecule has 0 radical (unpaired) electrons. The van der Waals surface area contributed by atoms with Gasteiger partial charge in [0.1, 0.15) is 11.2 Å². The summed E-state index contributed by atoms with van der Waals surface area (Å²) in [7, 11) is 0. The third kappa shape index (κ3) is 5.53. The van der Waals surface area contributed by atoms with Crippen molar-refractivity contribution >= 4 is 124 Å². The fraction of sp³-hybridized carbons (Fsp3) is 0. The van der Waals surface area contributed by atoms with Gasteiger partial charge in [0.05, 0.1) is 27.1 Å². The number of anilines is 3. The zero-order valence-electron chi connectivity index (χ0n) is 34.9. The van der Waals surface area contributed by atoms with Gasteiger partial charge in [0.2, 0.25) is 0 Å². The lowest BCUT2D eigenvalue weighted by Gasteiger charge is -2.29. The van der Waals surface area contributed by atoms with E-state index in [2.05, 4.69) is 222 Å². The number of fused-ring (bicyclic) bond motifs is 12. The summed E-state index contributed by atoms with van der Waals surface area (Å²) in [6.45, 7) is 0. The lowest BCUT2D eigenvalue weighted by molar-refractivity contribution is 0.670. The van der Waals surface area contributed by atoms with Gasteiger partial charge in [-0.2, -0.15) is 0 Å². The third-order valence-electron chi connectivity index (χ3n) is 13.2. The molecule has 3 nitrogen and oxygen atoms in total. The van der Waals surface area contributed by atoms with E-state index in [0.717, 1.165) is 55.8 Å². The van der Waals surface area contributed by atoms with Gasteiger partial charge in [-0.05, 0) is 77.9 Å². The number of benzene rings is 10. The Morgan fingerprint density at radius 3 is 1.72 bits per heavy atom. The first-order valence-corrected chi connectivity index (χ1v) is 23.6. The lowest BCUT2D eigenvalue weighted by atomic mass is 9.97. The van der Waals surface area contributed by atoms with Gasteiger partial charge >= 0.3 is 0 Å². The molecule has 0 fully saturated rings. The predicted octanol–water partition coefficient (Wildman–Crippen LogP) is 18.2. The van der Waals surface area contributed by atoms with E-state index in [1.807, 2.05) is 28.7 Å². The van der Waals surface area contributed by atoms with E-state index in [1.54, 1.807) is 0 Å². The molecule has 4 aromatic heterocycles. The first-order valence-electron chi connectivity index (χ1n) is 22.0. The molecule has 0 aliphatic rings. The predicted molar refractivity (Wildman–Crippen MR) is 279 cm³/mol. The van der Waals surface area contributed by atoms with Crippen molar-refractivity contribution in [2.75, 3.05) is 4.90 Å². The molecule has 0 bridgehead atoms. The zero-order chi connectivity index (χ0) is 42.6. The van der Waals surface area contributed by atoms with Crippen LogP contribution in [-0.2, 0) is 0 Å². The molecule has 4 heterocycles. The summed E-state index contributed by atoms with van der Waals surface area (Å²) in [6, 6.07) is 79.7. The summed E-state index contributed by atoms with van der Waals surface area (Å²) >= 11 is 3.75. The molecule has 0 unspecified atom stereocenters. The fourth-order valence-electron chi connectivity index (χ4n) is 10.3. The molecule has 0 N–H and O–H groups in total. The number of hydrogen-bond acceptors (Lipinski definition) is 4. The van der Waals surface area contributed by atoms with Crippen LogP contribution in [0.15, 0.2) is 223 Å². The first kappa shape index (κ1) is 36.5. The number of rotatable bonds is 6. The van der Waals surface area contributed by atoms with Gasteiger partial charge in [-0.3, -0.25) is 0 Å². The molecule has 14 rings (SSSR count). The smallest absolute Gasteiger partial charge is 0.143 e. The Labute approximate surface area is 381 Å². The van der Waals surface area contributed by atoms with Crippen LogP contribution in [0.3, 0.4) is 0 Å². The lowest BCUT2D eigenvalue weighted by Crippen LogP contribution is -2.11. The van der Waals surface area contributed by atoms with Crippen LogP contribution in [0.25, 0.3) is 112 Å². The Morgan fingerprint density at radius 1 is 0.385 bits per heavy atom. The molecule has 0 saturated heterocycles. The standard InChI is InChI=1S/C60H36N2OS2/c1-6-24-50-42(16-1)43-17-2-7-25-51(43)61(50)39-32-30-37(31-33-39)57-52(35-34-49-46-20-5-10-29-56(46)65-60(49)57)62(53-26-13-23-48-45-19-4-9-28-55(45)64-59(48)53)40-15-11-14-38(36-40)41-21-12-22-47-44-18-3-8-27-54(44)63-58(41)47/h1-36H. The summed E-state index contributed by atoms with van der Waals surface area (Å²) in [5.74, 6) is 0. The second-order valence-corrected chi connectivity index (χ2v) is 18.9. The van der Waals surface area contributed by atoms with Gasteiger partial charge in [0.25, 0.3) is 0 Å². The van der Waals surface area contributed by atoms with Gasteiger partial charge in [0, 0.05) is 79.7 Å². The molecule has 0 amide bonds. The maximum atomic E-state index is 6.62. The van der Waals surface area contributed by atoms with Crippen molar-refractivity contribution in [1.29, 1.82) is 0 Å². The minimum absolute atomic E-state index is 0.898. The SMILES string of the molecule is c1cc(-c2cccc3c2oc2ccccc23)cc(N(c2ccc3c(sc4ccccc43)c2-c2ccc(-n3c4ccccc4c4ccccc43)cc2)c2cccc3c2sc2ccccc23)c1. The van der Waals surface area contributed by atoms with Crippen LogP contribution in [0.5, 0.6) is 0 Å². The van der Waals surface area contributed by atoms with Crippen LogP contribution in [0.2, 0.25) is 0 Å². The normalized spacial score (nSPS) is 12.0. The molecule has 65 heavy (non-hydrogen) atoms. The second kappa shape index (κ2) is 14.3. The first-order chi connectivity index (χ1) is 32.2. The van der Waals surface area contributed by atoms with Gasteiger partial charge < -0.3 is 13.9 Å². The molecule has 0 atom stereocenters. The molecule has 5 heteroatoms. The monoisotopic (exact) mass is 864 g/mol. The van der Waals surface area contributed by atoms with Crippen LogP contribution >= 0.6 is 22.7 Å². The van der Waals surface area contributed by atoms with E-state index in [9.17, 15) is 0 Å². The van der Waals surface area contributed by atoms with Crippen molar-refractivity contribution in [3.63, 3.8) is 0 Å². The van der Waals surface area contributed by atoms with Crippen LogP contribution in [-0.4, -0.2) is 4.57 Å². The Morgan fingerprint density at radius 2 is 0.969 bits per heavy atom. The summed E-state index contributed by atoms with van der Waals surface area (Å²) in [6.07, 6.45) is 0. The second-order valence-electron chi connectivity index (χ2n) is 16.8. The average molecular weight is 865 g/mol. The fourth-order valence-corrected chi connectivity index (χ4v) is 12.8. The Bertz CT molecular complexity index is 4150. The van der Waals surface area contributed by atoms with E-state index >= 15 is 0 Å². The van der Waals surface area contributed by atoms with Gasteiger partial charge in [0.15, 0.2) is 0 Å². The highest BCUT2D eigenvalue weighted by Crippen LogP contribution is 2.52. The van der Waals surface area contributed by atoms with Crippen LogP contribution in [0.4, 0.5) is 17.1 Å². The van der Waals surface area contributed by atoms with Crippen molar-refractivity contribution in [1.82, 2.24) is 4.57 Å². The molecule has 10 aromatic carbocycles. The van der Waals surface area contributed by atoms with E-state index in [4.69, 9.17) is 4.42 Å². The van der Waals surface area contributed by atoms with Crippen LogP contribution in [0, 0.1) is 0 Å². The van der Waals surface area contributed by atoms with Crippen molar-refractivity contribution in [3.05, 3.63) is 218 Å². The van der Waals surface area contributed by atoms with Crippen LogP contribution < -0.4 is 4.90 Å². The topological polar surface area (TPSA) is 21.3 Å². The van der Waals surface area contributed by atoms with E-state index in [1.165, 1.54) is 73.3 Å². The van der Waals surface area contributed by atoms with E-state index in [0.29, 0.717) is 0 Å². The molecule has 0 spiro atoms. The van der Waals surface area contributed by atoms with Crippen molar-refractivity contribution in [2.24, 2.45) is 0 Å². The maximum Gasteiger partial charge on any atom is 0.143 e. The molecule has 0 aliphatic carbocycles. The minimum Gasteiger partial charge on any atom is -0.455 e. The average Bonchev–Trinajstić information content (AvgIpc) is 4.14. The number of aromatic nitrogens is 1. The van der Waals surface area contributed by atoms with Crippen molar-refractivity contribution in [3.8, 4) is 27.9 Å². The van der Waals surface area contributed by atoms with Gasteiger partial charge in [-0.1, -0.05) is 152 Å². The Balaban J connectivity index is 1.03. The zero-order valence-corrected chi connectivity index (χ0v) is 36.5. The molecule has 0 aliphatic heterocycles. The molecular weight excluding hydrogens is 829 g/mol. The van der Waals surface area contributed by atoms with Gasteiger partial charge in [-0.15, -0.1) is 22.7 Å². The van der Waals surface area contributed by atoms with Crippen molar-refractivity contribution < 1.29 is 4.42 Å². The number of para-hydroxylation sites is 4. The third-order valence-corrected chi connectivity index (χ3v) is 15.6. The number of hydrogen-bond donors (Lipinski definition) is 0. The molecule has 14 aromatic rings. The highest BCUT2D eigenvalue weighted by atomic mass is 32.1. The summed E-state index contributed by atoms with van der Waals surface area (Å²) < 4.78 is 14.1. The molecule has 0 saturated carbocycles. The largest absolute Gasteiger partial charge is 0.455 e.